The quantitative estimate of drug-likeness (QED) is 0.110. The van der Waals surface area contributed by atoms with E-state index in [1.807, 2.05) is 6.92 Å². The summed E-state index contributed by atoms with van der Waals surface area (Å²) in [6, 6.07) is -2.27. The Hall–Kier alpha value is -0.560. The predicted octanol–water partition coefficient (Wildman–Crippen LogP) is -4.39. The van der Waals surface area contributed by atoms with Crippen molar-refractivity contribution < 1.29 is 39.4 Å². The predicted molar refractivity (Wildman–Crippen MR) is 139 cm³/mol. The average Bonchev–Trinajstić information content (AvgIpc) is 2.91. The van der Waals surface area contributed by atoms with E-state index in [0.717, 1.165) is 13.0 Å². The lowest BCUT2D eigenvalue weighted by molar-refractivity contribution is -0.308. The zero-order chi connectivity index (χ0) is 28.0. The molecule has 0 aromatic rings. The third kappa shape index (κ3) is 7.79. The van der Waals surface area contributed by atoms with Crippen LogP contribution in [0.4, 0.5) is 0 Å². The molecule has 2 aliphatic heterocycles. The molecule has 2 heterocycles. The smallest absolute Gasteiger partial charge is 0.185 e. The fourth-order valence-corrected chi connectivity index (χ4v) is 5.38. The summed E-state index contributed by atoms with van der Waals surface area (Å²) in [5.74, 6) is -0.315. The van der Waals surface area contributed by atoms with Crippen LogP contribution >= 0.6 is 0 Å². The normalized spacial score (nSPS) is 45.2. The highest BCUT2D eigenvalue weighted by atomic mass is 16.7. The molecule has 38 heavy (non-hydrogen) atoms. The van der Waals surface area contributed by atoms with Crippen molar-refractivity contribution in [1.29, 1.82) is 0 Å². The summed E-state index contributed by atoms with van der Waals surface area (Å²) in [6.07, 6.45) is -6.08. The molecule has 2 saturated heterocycles. The highest BCUT2D eigenvalue weighted by molar-refractivity contribution is 5.02. The van der Waals surface area contributed by atoms with Gasteiger partial charge in [-0.3, -0.25) is 0 Å². The summed E-state index contributed by atoms with van der Waals surface area (Å²) in [6.45, 7) is 5.14. The van der Waals surface area contributed by atoms with Gasteiger partial charge in [0.15, 0.2) is 12.6 Å². The lowest BCUT2D eigenvalue weighted by Crippen LogP contribution is -2.68. The second-order valence-electron chi connectivity index (χ2n) is 10.8. The minimum atomic E-state index is -1.27. The van der Waals surface area contributed by atoms with Gasteiger partial charge in [-0.25, -0.2) is 0 Å². The molecule has 0 aromatic carbocycles. The van der Waals surface area contributed by atoms with E-state index in [0.29, 0.717) is 19.4 Å². The van der Waals surface area contributed by atoms with E-state index in [1.165, 1.54) is 0 Å². The van der Waals surface area contributed by atoms with Gasteiger partial charge in [0, 0.05) is 43.7 Å². The van der Waals surface area contributed by atoms with Crippen LogP contribution in [0.1, 0.15) is 33.1 Å². The third-order valence-electron chi connectivity index (χ3n) is 7.96. The van der Waals surface area contributed by atoms with Crippen LogP contribution in [-0.2, 0) is 18.9 Å². The minimum Gasteiger partial charge on any atom is -0.394 e. The Balaban J connectivity index is 1.76. The maximum atomic E-state index is 11.5. The summed E-state index contributed by atoms with van der Waals surface area (Å²) >= 11 is 0. The van der Waals surface area contributed by atoms with E-state index in [9.17, 15) is 20.4 Å². The molecule has 3 aliphatic rings. The Morgan fingerprint density at radius 1 is 1.00 bits per heavy atom. The molecule has 1 unspecified atom stereocenters. The molecule has 0 radical (unpaired) electrons. The fraction of sp³-hybridized carbons (Fsp3) is 1.00. The molecule has 1 saturated carbocycles. The SMILES string of the molecule is CCNC[C@@H]1CC[C@@H](N)[C@@H](O[C@H]2[C@H](O)[C@@H](O[C@H]3O[C@H](CO)[C@@H](C)[C@H](N)[C@H]3O)[C@H](NCC(O)CN)C[C@@H]2N)O1. The van der Waals surface area contributed by atoms with Gasteiger partial charge in [-0.15, -0.1) is 0 Å². The van der Waals surface area contributed by atoms with E-state index in [1.54, 1.807) is 6.92 Å². The van der Waals surface area contributed by atoms with Crippen molar-refractivity contribution in [3.63, 3.8) is 0 Å². The zero-order valence-corrected chi connectivity index (χ0v) is 22.5. The first-order valence-corrected chi connectivity index (χ1v) is 13.8. The molecular formula is C24H50N6O8. The first-order valence-electron chi connectivity index (χ1n) is 13.8. The molecule has 14 nitrogen and oxygen atoms in total. The van der Waals surface area contributed by atoms with Crippen molar-refractivity contribution in [2.75, 3.05) is 32.8 Å². The van der Waals surface area contributed by atoms with E-state index < -0.39 is 73.4 Å². The molecular weight excluding hydrogens is 500 g/mol. The fourth-order valence-electron chi connectivity index (χ4n) is 5.38. The second-order valence-corrected chi connectivity index (χ2v) is 10.8. The molecule has 14 N–H and O–H groups in total. The summed E-state index contributed by atoms with van der Waals surface area (Å²) in [7, 11) is 0. The highest BCUT2D eigenvalue weighted by Crippen LogP contribution is 2.32. The Labute approximate surface area is 224 Å². The first-order chi connectivity index (χ1) is 18.1. The van der Waals surface area contributed by atoms with E-state index >= 15 is 0 Å². The van der Waals surface area contributed by atoms with Crippen molar-refractivity contribution in [1.82, 2.24) is 10.6 Å². The lowest BCUT2D eigenvalue weighted by atomic mass is 9.83. The van der Waals surface area contributed by atoms with Gasteiger partial charge < -0.3 is 72.9 Å². The summed E-state index contributed by atoms with van der Waals surface area (Å²) in [5.41, 5.74) is 24.5. The van der Waals surface area contributed by atoms with Gasteiger partial charge in [0.1, 0.15) is 24.4 Å². The maximum absolute atomic E-state index is 11.5. The topological polar surface area (TPSA) is 246 Å². The van der Waals surface area contributed by atoms with Gasteiger partial charge >= 0.3 is 0 Å². The van der Waals surface area contributed by atoms with Crippen molar-refractivity contribution in [2.24, 2.45) is 28.9 Å². The number of aliphatic hydroxyl groups is 4. The van der Waals surface area contributed by atoms with Crippen molar-refractivity contribution in [3.05, 3.63) is 0 Å². The Morgan fingerprint density at radius 3 is 2.37 bits per heavy atom. The van der Waals surface area contributed by atoms with Crippen LogP contribution in [0.3, 0.4) is 0 Å². The molecule has 14 heteroatoms. The number of ether oxygens (including phenoxy) is 4. The van der Waals surface area contributed by atoms with Crippen molar-refractivity contribution in [2.45, 2.75) is 113 Å². The van der Waals surface area contributed by atoms with Gasteiger partial charge in [0.2, 0.25) is 0 Å². The largest absolute Gasteiger partial charge is 0.394 e. The Bertz CT molecular complexity index is 696. The maximum Gasteiger partial charge on any atom is 0.185 e. The molecule has 3 fully saturated rings. The molecule has 0 aromatic heterocycles. The van der Waals surface area contributed by atoms with Crippen LogP contribution in [0.25, 0.3) is 0 Å². The summed E-state index contributed by atoms with van der Waals surface area (Å²) in [5, 5.41) is 48.4. The molecule has 3 rings (SSSR count). The second kappa shape index (κ2) is 14.9. The molecule has 0 spiro atoms. The van der Waals surface area contributed by atoms with Crippen molar-refractivity contribution in [3.8, 4) is 0 Å². The first kappa shape index (κ1) is 32.0. The van der Waals surface area contributed by atoms with E-state index in [2.05, 4.69) is 10.6 Å². The van der Waals surface area contributed by atoms with E-state index in [4.69, 9.17) is 41.9 Å². The van der Waals surface area contributed by atoms with Crippen LogP contribution in [0, 0.1) is 5.92 Å². The van der Waals surface area contributed by atoms with Gasteiger partial charge in [0.25, 0.3) is 0 Å². The number of nitrogens with two attached hydrogens (primary N) is 4. The monoisotopic (exact) mass is 550 g/mol. The zero-order valence-electron chi connectivity index (χ0n) is 22.5. The van der Waals surface area contributed by atoms with Crippen LogP contribution in [0.2, 0.25) is 0 Å². The molecule has 0 bridgehead atoms. The van der Waals surface area contributed by atoms with Crippen LogP contribution in [-0.4, -0.2) is 133 Å². The summed E-state index contributed by atoms with van der Waals surface area (Å²) in [4.78, 5) is 0. The standard InChI is InChI=1S/C24H50N6O8/c1-3-29-9-13-4-5-14(26)23(35-13)37-21-15(27)6-16(30-8-12(32)7-25)22(20(21)34)38-24-19(33)18(28)11(2)17(10-31)36-24/h11-24,29-34H,3-10,25-28H2,1-2H3/t11-,12?,13+,14-,15+,16-,17-,18+,19-,20+,21-,22+,23-,24-/m1/s1. The lowest BCUT2D eigenvalue weighted by Gasteiger charge is -2.48. The molecule has 224 valence electrons. The number of hydrogen-bond acceptors (Lipinski definition) is 14. The number of likely N-dealkylation sites (N-methyl/N-ethyl adjacent to an activating group) is 1. The van der Waals surface area contributed by atoms with E-state index in [-0.39, 0.29) is 31.7 Å². The Morgan fingerprint density at radius 2 is 1.71 bits per heavy atom. The third-order valence-corrected chi connectivity index (χ3v) is 7.96. The average molecular weight is 551 g/mol. The van der Waals surface area contributed by atoms with Gasteiger partial charge in [-0.05, 0) is 25.8 Å². The van der Waals surface area contributed by atoms with Gasteiger partial charge in [-0.1, -0.05) is 13.8 Å². The van der Waals surface area contributed by atoms with Crippen LogP contribution in [0.5, 0.6) is 0 Å². The van der Waals surface area contributed by atoms with Crippen LogP contribution in [0.15, 0.2) is 0 Å². The van der Waals surface area contributed by atoms with Gasteiger partial charge in [0.05, 0.1) is 31.0 Å². The van der Waals surface area contributed by atoms with Crippen LogP contribution < -0.4 is 33.6 Å². The van der Waals surface area contributed by atoms with Crippen molar-refractivity contribution >= 4 is 0 Å². The van der Waals surface area contributed by atoms with Gasteiger partial charge in [-0.2, -0.15) is 0 Å². The molecule has 14 atom stereocenters. The number of rotatable bonds is 12. The highest BCUT2D eigenvalue weighted by Gasteiger charge is 2.50. The number of nitrogens with one attached hydrogen (secondary N) is 2. The molecule has 0 amide bonds. The molecule has 1 aliphatic carbocycles. The number of aliphatic hydroxyl groups excluding tert-OH is 4. The Kier molecular flexibility index (Phi) is 12.5. The summed E-state index contributed by atoms with van der Waals surface area (Å²) < 4.78 is 24.3. The number of hydrogen-bond donors (Lipinski definition) is 10. The minimum absolute atomic E-state index is 0.0475.